The van der Waals surface area contributed by atoms with Crippen molar-refractivity contribution in [1.82, 2.24) is 19.9 Å². The Morgan fingerprint density at radius 1 is 1.06 bits per heavy atom. The van der Waals surface area contributed by atoms with E-state index in [1.807, 2.05) is 18.3 Å². The number of aromatic amines is 1. The van der Waals surface area contributed by atoms with Crippen LogP contribution in [0.25, 0.3) is 10.9 Å². The Bertz CT molecular complexity index is 602. The van der Waals surface area contributed by atoms with Crippen molar-refractivity contribution in [3.8, 4) is 0 Å². The number of fused-ring (bicyclic) bond motifs is 1. The molecule has 0 aromatic carbocycles. The largest absolute Gasteiger partial charge is 0.360 e. The number of H-pyrrole nitrogens is 1. The van der Waals surface area contributed by atoms with Crippen LogP contribution in [-0.2, 0) is 0 Å². The van der Waals surface area contributed by atoms with Crippen LogP contribution in [0.4, 0.5) is 11.6 Å². The van der Waals surface area contributed by atoms with Crippen LogP contribution in [0.2, 0.25) is 0 Å². The van der Waals surface area contributed by atoms with Crippen LogP contribution in [-0.4, -0.2) is 19.9 Å². The van der Waals surface area contributed by atoms with Crippen molar-refractivity contribution in [3.63, 3.8) is 0 Å². The zero-order chi connectivity index (χ0) is 10.8. The van der Waals surface area contributed by atoms with Gasteiger partial charge in [0.2, 0.25) is 0 Å². The molecule has 5 nitrogen and oxygen atoms in total. The minimum absolute atomic E-state index is 0.685. The van der Waals surface area contributed by atoms with Gasteiger partial charge in [0.1, 0.15) is 11.6 Å². The molecule has 0 amide bonds. The summed E-state index contributed by atoms with van der Waals surface area (Å²) in [6.07, 6.45) is 8.60. The lowest BCUT2D eigenvalue weighted by atomic mass is 10.3. The van der Waals surface area contributed by atoms with E-state index in [1.54, 1.807) is 24.8 Å². The molecule has 3 aromatic heterocycles. The zero-order valence-electron chi connectivity index (χ0n) is 8.38. The summed E-state index contributed by atoms with van der Waals surface area (Å²) in [6, 6.07) is 3.96. The van der Waals surface area contributed by atoms with Crippen molar-refractivity contribution in [3.05, 3.63) is 43.1 Å². The Hall–Kier alpha value is -2.43. The van der Waals surface area contributed by atoms with Crippen molar-refractivity contribution in [1.29, 1.82) is 0 Å². The number of pyridine rings is 1. The molecule has 3 heterocycles. The second-order valence-electron chi connectivity index (χ2n) is 3.35. The van der Waals surface area contributed by atoms with Crippen LogP contribution in [0.1, 0.15) is 0 Å². The molecule has 0 radical (unpaired) electrons. The predicted octanol–water partition coefficient (Wildman–Crippen LogP) is 2.10. The number of nitrogens with zero attached hydrogens (tertiary/aromatic N) is 3. The molecule has 0 saturated heterocycles. The van der Waals surface area contributed by atoms with Gasteiger partial charge in [-0.3, -0.25) is 4.98 Å². The third-order valence-electron chi connectivity index (χ3n) is 2.26. The SMILES string of the molecule is c1cnc(Nc2cc3cc[nH]c3cn2)cn1. The van der Waals surface area contributed by atoms with Crippen molar-refractivity contribution in [2.45, 2.75) is 0 Å². The van der Waals surface area contributed by atoms with Gasteiger partial charge in [-0.25, -0.2) is 9.97 Å². The first kappa shape index (κ1) is 8.84. The fourth-order valence-electron chi connectivity index (χ4n) is 1.51. The topological polar surface area (TPSA) is 66.5 Å². The molecule has 0 bridgehead atoms. The lowest BCUT2D eigenvalue weighted by Crippen LogP contribution is -1.95. The molecular formula is C11H9N5. The number of rotatable bonds is 2. The number of nitrogens with one attached hydrogen (secondary N) is 2. The summed E-state index contributed by atoms with van der Waals surface area (Å²) in [5.41, 5.74) is 1.02. The lowest BCUT2D eigenvalue weighted by molar-refractivity contribution is 1.18. The van der Waals surface area contributed by atoms with Crippen molar-refractivity contribution in [2.24, 2.45) is 0 Å². The van der Waals surface area contributed by atoms with Gasteiger partial charge in [-0.1, -0.05) is 0 Å². The van der Waals surface area contributed by atoms with E-state index >= 15 is 0 Å². The van der Waals surface area contributed by atoms with Crippen LogP contribution in [0.15, 0.2) is 43.1 Å². The number of aromatic nitrogens is 4. The van der Waals surface area contributed by atoms with E-state index < -0.39 is 0 Å². The first-order valence-electron chi connectivity index (χ1n) is 4.88. The summed E-state index contributed by atoms with van der Waals surface area (Å²) in [6.45, 7) is 0. The summed E-state index contributed by atoms with van der Waals surface area (Å²) in [4.78, 5) is 15.5. The molecule has 16 heavy (non-hydrogen) atoms. The van der Waals surface area contributed by atoms with Gasteiger partial charge in [0.15, 0.2) is 0 Å². The molecule has 78 valence electrons. The van der Waals surface area contributed by atoms with Gasteiger partial charge in [-0.15, -0.1) is 0 Å². The molecule has 0 spiro atoms. The fraction of sp³-hybridized carbons (Fsp3) is 0. The highest BCUT2D eigenvalue weighted by molar-refractivity contribution is 5.81. The molecule has 2 N–H and O–H groups in total. The Morgan fingerprint density at radius 2 is 2.06 bits per heavy atom. The van der Waals surface area contributed by atoms with Gasteiger partial charge >= 0.3 is 0 Å². The average Bonchev–Trinajstić information content (AvgIpc) is 2.77. The molecule has 3 aromatic rings. The van der Waals surface area contributed by atoms with Crippen molar-refractivity contribution in [2.75, 3.05) is 5.32 Å². The highest BCUT2D eigenvalue weighted by atomic mass is 15.1. The van der Waals surface area contributed by atoms with Crippen LogP contribution in [0.5, 0.6) is 0 Å². The second kappa shape index (κ2) is 3.62. The van der Waals surface area contributed by atoms with Gasteiger partial charge in [0.05, 0.1) is 17.9 Å². The normalized spacial score (nSPS) is 10.5. The van der Waals surface area contributed by atoms with Crippen LogP contribution in [0, 0.1) is 0 Å². The van der Waals surface area contributed by atoms with E-state index in [0.717, 1.165) is 16.7 Å². The predicted molar refractivity (Wildman–Crippen MR) is 61.4 cm³/mol. The molecule has 5 heteroatoms. The summed E-state index contributed by atoms with van der Waals surface area (Å²) >= 11 is 0. The molecule has 0 unspecified atom stereocenters. The second-order valence-corrected chi connectivity index (χ2v) is 3.35. The first-order valence-corrected chi connectivity index (χ1v) is 4.88. The zero-order valence-corrected chi connectivity index (χ0v) is 8.38. The van der Waals surface area contributed by atoms with Crippen molar-refractivity contribution < 1.29 is 0 Å². The van der Waals surface area contributed by atoms with E-state index in [-0.39, 0.29) is 0 Å². The Kier molecular flexibility index (Phi) is 2.00. The van der Waals surface area contributed by atoms with E-state index in [0.29, 0.717) is 5.82 Å². The molecule has 0 fully saturated rings. The van der Waals surface area contributed by atoms with Crippen LogP contribution >= 0.6 is 0 Å². The fourth-order valence-corrected chi connectivity index (χ4v) is 1.51. The van der Waals surface area contributed by atoms with Gasteiger partial charge in [-0.05, 0) is 12.1 Å². The number of hydrogen-bond acceptors (Lipinski definition) is 4. The number of anilines is 2. The molecule has 0 aliphatic carbocycles. The Balaban J connectivity index is 1.94. The van der Waals surface area contributed by atoms with E-state index in [1.165, 1.54) is 0 Å². The summed E-state index contributed by atoms with van der Waals surface area (Å²) < 4.78 is 0. The quantitative estimate of drug-likeness (QED) is 0.681. The minimum atomic E-state index is 0.685. The highest BCUT2D eigenvalue weighted by Crippen LogP contribution is 2.17. The van der Waals surface area contributed by atoms with Crippen molar-refractivity contribution >= 4 is 22.5 Å². The monoisotopic (exact) mass is 211 g/mol. The van der Waals surface area contributed by atoms with Gasteiger partial charge in [-0.2, -0.15) is 0 Å². The standard InChI is InChI=1S/C11H9N5/c1-2-13-9-6-15-10(5-8(1)9)16-11-7-12-3-4-14-11/h1-7,13H,(H,14,15,16). The maximum absolute atomic E-state index is 4.26. The third-order valence-corrected chi connectivity index (χ3v) is 2.26. The van der Waals surface area contributed by atoms with Gasteiger partial charge in [0.25, 0.3) is 0 Å². The van der Waals surface area contributed by atoms with E-state index in [9.17, 15) is 0 Å². The van der Waals surface area contributed by atoms with Crippen LogP contribution in [0.3, 0.4) is 0 Å². The number of hydrogen-bond donors (Lipinski definition) is 2. The minimum Gasteiger partial charge on any atom is -0.360 e. The third kappa shape index (κ3) is 1.58. The van der Waals surface area contributed by atoms with Gasteiger partial charge in [0, 0.05) is 24.0 Å². The van der Waals surface area contributed by atoms with E-state index in [2.05, 4.69) is 25.3 Å². The average molecular weight is 211 g/mol. The maximum atomic E-state index is 4.26. The highest BCUT2D eigenvalue weighted by Gasteiger charge is 1.99. The van der Waals surface area contributed by atoms with Crippen LogP contribution < -0.4 is 5.32 Å². The molecule has 3 rings (SSSR count). The van der Waals surface area contributed by atoms with Gasteiger partial charge < -0.3 is 10.3 Å². The summed E-state index contributed by atoms with van der Waals surface area (Å²) in [5.74, 6) is 1.44. The van der Waals surface area contributed by atoms with E-state index in [4.69, 9.17) is 0 Å². The molecule has 0 saturated carbocycles. The molecule has 0 aliphatic heterocycles. The molecule has 0 aliphatic rings. The smallest absolute Gasteiger partial charge is 0.150 e. The first-order chi connectivity index (χ1) is 7.92. The Morgan fingerprint density at radius 3 is 2.94 bits per heavy atom. The maximum Gasteiger partial charge on any atom is 0.150 e. The summed E-state index contributed by atoms with van der Waals surface area (Å²) in [5, 5.41) is 4.20. The summed E-state index contributed by atoms with van der Waals surface area (Å²) in [7, 11) is 0. The molecule has 0 atom stereocenters. The Labute approximate surface area is 91.6 Å². The lowest BCUT2D eigenvalue weighted by Gasteiger charge is -2.03. The molecular weight excluding hydrogens is 202 g/mol.